The van der Waals surface area contributed by atoms with E-state index in [9.17, 15) is 9.18 Å². The lowest BCUT2D eigenvalue weighted by Crippen LogP contribution is -2.59. The van der Waals surface area contributed by atoms with E-state index in [1.54, 1.807) is 24.4 Å². The van der Waals surface area contributed by atoms with Crippen molar-refractivity contribution >= 4 is 34.9 Å². The molecule has 0 spiro atoms. The van der Waals surface area contributed by atoms with E-state index in [0.29, 0.717) is 46.3 Å². The Kier molecular flexibility index (Phi) is 8.01. The van der Waals surface area contributed by atoms with Gasteiger partial charge < -0.3 is 10.2 Å². The summed E-state index contributed by atoms with van der Waals surface area (Å²) in [7, 11) is 0. The molecule has 36 heavy (non-hydrogen) atoms. The smallest absolute Gasteiger partial charge is 0.252 e. The summed E-state index contributed by atoms with van der Waals surface area (Å²) >= 11 is 12.5. The lowest BCUT2D eigenvalue weighted by molar-refractivity contribution is 0.0539. The van der Waals surface area contributed by atoms with Crippen LogP contribution in [0.5, 0.6) is 0 Å². The topological polar surface area (TPSA) is 51.7 Å². The molecule has 2 aromatic rings. The number of hydrogen-bond acceptors (Lipinski definition) is 5. The standard InChI is InChI=1S/C27H34Cl2FN5O.H2/c1-2-31-27(36)20-13-23(29)26(32-15-20)34-11-12-35(25(17-34)18-3-4-18)22-7-9-33(10-8-22)16-19-5-6-21(28)14-24(19)30;/h5-6,13-15,18,22,25H,2-4,7-12,16-17H2,1H3,(H,31,36);1H. The van der Waals surface area contributed by atoms with Crippen LogP contribution >= 0.6 is 23.2 Å². The fourth-order valence-electron chi connectivity index (χ4n) is 5.72. The van der Waals surface area contributed by atoms with Crippen molar-refractivity contribution in [2.45, 2.75) is 51.2 Å². The highest BCUT2D eigenvalue weighted by Gasteiger charge is 2.42. The van der Waals surface area contributed by atoms with Crippen LogP contribution in [0.15, 0.2) is 30.5 Å². The Labute approximate surface area is 224 Å². The van der Waals surface area contributed by atoms with Crippen LogP contribution in [0, 0.1) is 11.7 Å². The Hall–Kier alpha value is -1.93. The molecule has 1 aliphatic carbocycles. The molecular formula is C27H36Cl2FN5O. The minimum Gasteiger partial charge on any atom is -0.353 e. The minimum absolute atomic E-state index is 0. The van der Waals surface area contributed by atoms with Crippen molar-refractivity contribution in [1.82, 2.24) is 20.1 Å². The van der Waals surface area contributed by atoms with E-state index in [1.165, 1.54) is 18.9 Å². The van der Waals surface area contributed by atoms with Crippen LogP contribution in [0.4, 0.5) is 10.2 Å². The highest BCUT2D eigenvalue weighted by Crippen LogP contribution is 2.40. The summed E-state index contributed by atoms with van der Waals surface area (Å²) in [5.74, 6) is 1.13. The molecule has 3 fully saturated rings. The Bertz CT molecular complexity index is 1100. The van der Waals surface area contributed by atoms with Gasteiger partial charge in [0.2, 0.25) is 0 Å². The van der Waals surface area contributed by atoms with Gasteiger partial charge in [0.25, 0.3) is 5.91 Å². The molecule has 1 saturated carbocycles. The highest BCUT2D eigenvalue weighted by molar-refractivity contribution is 6.33. The summed E-state index contributed by atoms with van der Waals surface area (Å²) in [5.41, 5.74) is 1.21. The lowest BCUT2D eigenvalue weighted by atomic mass is 9.97. The first-order chi connectivity index (χ1) is 17.4. The number of rotatable bonds is 7. The zero-order chi connectivity index (χ0) is 25.2. The minimum atomic E-state index is -0.221. The van der Waals surface area contributed by atoms with Gasteiger partial charge in [0.1, 0.15) is 11.6 Å². The number of piperidine rings is 1. The average Bonchev–Trinajstić information content (AvgIpc) is 3.72. The van der Waals surface area contributed by atoms with Crippen LogP contribution in [0.3, 0.4) is 0 Å². The number of nitrogens with one attached hydrogen (secondary N) is 1. The third-order valence-corrected chi connectivity index (χ3v) is 8.30. The molecule has 1 atom stereocenters. The number of aromatic nitrogens is 1. The fourth-order valence-corrected chi connectivity index (χ4v) is 6.17. The van der Waals surface area contributed by atoms with Gasteiger partial charge in [-0.15, -0.1) is 0 Å². The predicted octanol–water partition coefficient (Wildman–Crippen LogP) is 5.09. The third kappa shape index (κ3) is 5.80. The molecule has 6 nitrogen and oxygen atoms in total. The molecule has 5 rings (SSSR count). The number of halogens is 3. The van der Waals surface area contributed by atoms with E-state index < -0.39 is 0 Å². The molecule has 1 unspecified atom stereocenters. The van der Waals surface area contributed by atoms with Crippen LogP contribution in [0.2, 0.25) is 10.0 Å². The molecule has 0 radical (unpaired) electrons. The fraction of sp³-hybridized carbons (Fsp3) is 0.556. The van der Waals surface area contributed by atoms with Crippen molar-refractivity contribution < 1.29 is 10.6 Å². The zero-order valence-electron chi connectivity index (χ0n) is 20.7. The Morgan fingerprint density at radius 3 is 2.58 bits per heavy atom. The first-order valence-electron chi connectivity index (χ1n) is 13.0. The third-order valence-electron chi connectivity index (χ3n) is 7.78. The van der Waals surface area contributed by atoms with Gasteiger partial charge in [-0.3, -0.25) is 14.6 Å². The van der Waals surface area contributed by atoms with Gasteiger partial charge in [0.15, 0.2) is 0 Å². The summed E-state index contributed by atoms with van der Waals surface area (Å²) in [4.78, 5) is 24.1. The largest absolute Gasteiger partial charge is 0.353 e. The Morgan fingerprint density at radius 1 is 1.14 bits per heavy atom. The maximum atomic E-state index is 14.3. The summed E-state index contributed by atoms with van der Waals surface area (Å²) in [6, 6.07) is 7.73. The summed E-state index contributed by atoms with van der Waals surface area (Å²) in [6.45, 7) is 7.79. The summed E-state index contributed by atoms with van der Waals surface area (Å²) in [5, 5.41) is 3.77. The van der Waals surface area contributed by atoms with Gasteiger partial charge in [-0.25, -0.2) is 9.37 Å². The van der Waals surface area contributed by atoms with E-state index in [2.05, 4.69) is 25.0 Å². The molecule has 1 aromatic heterocycles. The van der Waals surface area contributed by atoms with E-state index in [0.717, 1.165) is 57.3 Å². The molecule has 1 N–H and O–H groups in total. The number of likely N-dealkylation sites (tertiary alicyclic amines) is 1. The average molecular weight is 537 g/mol. The molecule has 9 heteroatoms. The SMILES string of the molecule is CCNC(=O)c1cnc(N2CCN(C3CCN(Cc4ccc(Cl)cc4F)CC3)C(C3CC3)C2)c(Cl)c1.[HH]. The van der Waals surface area contributed by atoms with E-state index in [1.807, 2.05) is 6.92 Å². The number of hydrogen-bond donors (Lipinski definition) is 1. The van der Waals surface area contributed by atoms with E-state index >= 15 is 0 Å². The number of pyridine rings is 1. The van der Waals surface area contributed by atoms with Crippen molar-refractivity contribution in [3.05, 3.63) is 57.5 Å². The highest BCUT2D eigenvalue weighted by atomic mass is 35.5. The molecular weight excluding hydrogens is 500 g/mol. The summed E-state index contributed by atoms with van der Waals surface area (Å²) in [6.07, 6.45) is 6.38. The lowest BCUT2D eigenvalue weighted by Gasteiger charge is -2.48. The number of carbonyl (C=O) groups is 1. The van der Waals surface area contributed by atoms with Gasteiger partial charge in [-0.2, -0.15) is 0 Å². The molecule has 1 aromatic carbocycles. The zero-order valence-corrected chi connectivity index (χ0v) is 22.2. The second-order valence-corrected chi connectivity index (χ2v) is 11.1. The normalized spacial score (nSPS) is 22.1. The number of benzene rings is 1. The molecule has 0 bridgehead atoms. The number of carbonyl (C=O) groups excluding carboxylic acids is 1. The summed E-state index contributed by atoms with van der Waals surface area (Å²) < 4.78 is 14.3. The number of piperazine rings is 1. The van der Waals surface area contributed by atoms with Crippen LogP contribution < -0.4 is 10.2 Å². The van der Waals surface area contributed by atoms with E-state index in [-0.39, 0.29) is 13.2 Å². The molecule has 2 saturated heterocycles. The first-order valence-corrected chi connectivity index (χ1v) is 13.8. The van der Waals surface area contributed by atoms with Gasteiger partial charge in [0, 0.05) is 63.0 Å². The van der Waals surface area contributed by atoms with Crippen molar-refractivity contribution in [3.63, 3.8) is 0 Å². The van der Waals surface area contributed by atoms with Crippen molar-refractivity contribution in [2.24, 2.45) is 5.92 Å². The monoisotopic (exact) mass is 535 g/mol. The van der Waals surface area contributed by atoms with Crippen molar-refractivity contribution in [1.29, 1.82) is 0 Å². The van der Waals surface area contributed by atoms with Gasteiger partial charge >= 0.3 is 0 Å². The second kappa shape index (κ2) is 11.2. The predicted molar refractivity (Wildman–Crippen MR) is 145 cm³/mol. The van der Waals surface area contributed by atoms with Crippen LogP contribution in [0.1, 0.15) is 50.0 Å². The quantitative estimate of drug-likeness (QED) is 0.535. The van der Waals surface area contributed by atoms with Crippen molar-refractivity contribution in [2.75, 3.05) is 44.2 Å². The van der Waals surface area contributed by atoms with Crippen LogP contribution in [-0.2, 0) is 6.54 Å². The molecule has 3 heterocycles. The molecule has 1 amide bonds. The molecule has 2 aliphatic heterocycles. The maximum Gasteiger partial charge on any atom is 0.252 e. The molecule has 3 aliphatic rings. The maximum absolute atomic E-state index is 14.3. The number of amides is 1. The molecule has 196 valence electrons. The van der Waals surface area contributed by atoms with Crippen molar-refractivity contribution in [3.8, 4) is 0 Å². The van der Waals surface area contributed by atoms with Gasteiger partial charge in [0.05, 0.1) is 10.6 Å². The second-order valence-electron chi connectivity index (χ2n) is 10.2. The van der Waals surface area contributed by atoms with Gasteiger partial charge in [-0.1, -0.05) is 29.3 Å². The first kappa shape index (κ1) is 25.7. The number of anilines is 1. The Morgan fingerprint density at radius 2 is 1.92 bits per heavy atom. The Balaban J connectivity index is 0.00000320. The van der Waals surface area contributed by atoms with E-state index in [4.69, 9.17) is 23.2 Å². The van der Waals surface area contributed by atoms with Crippen LogP contribution in [-0.4, -0.2) is 72.0 Å². The number of nitrogens with zero attached hydrogens (tertiary/aromatic N) is 4. The van der Waals surface area contributed by atoms with Gasteiger partial charge in [-0.05, 0) is 69.8 Å². The van der Waals surface area contributed by atoms with Crippen LogP contribution in [0.25, 0.3) is 0 Å².